The van der Waals surface area contributed by atoms with E-state index >= 15 is 0 Å². The second-order valence-corrected chi connectivity index (χ2v) is 5.41. The largest absolute Gasteiger partial charge is 0.491 e. The highest BCUT2D eigenvalue weighted by molar-refractivity contribution is 5.93. The van der Waals surface area contributed by atoms with Gasteiger partial charge in [0.1, 0.15) is 12.4 Å². The van der Waals surface area contributed by atoms with Crippen LogP contribution in [0, 0.1) is 0 Å². The summed E-state index contributed by atoms with van der Waals surface area (Å²) >= 11 is 0. The van der Waals surface area contributed by atoms with Crippen LogP contribution in [-0.4, -0.2) is 24.0 Å². The van der Waals surface area contributed by atoms with Gasteiger partial charge < -0.3 is 15.0 Å². The topological polar surface area (TPSA) is 71.2 Å². The van der Waals surface area contributed by atoms with Gasteiger partial charge in [-0.25, -0.2) is 0 Å². The van der Waals surface area contributed by atoms with Crippen molar-refractivity contribution < 1.29 is 9.53 Å². The summed E-state index contributed by atoms with van der Waals surface area (Å²) < 4.78 is 5.82. The smallest absolute Gasteiger partial charge is 0.251 e. The van der Waals surface area contributed by atoms with Crippen molar-refractivity contribution in [2.24, 2.45) is 0 Å². The number of amides is 1. The van der Waals surface area contributed by atoms with Crippen LogP contribution in [0.25, 0.3) is 11.1 Å². The van der Waals surface area contributed by atoms with Crippen molar-refractivity contribution in [2.45, 2.75) is 0 Å². The molecule has 2 aromatic carbocycles. The fraction of sp³-hybridized carbons (Fsp3) is 0.100. The summed E-state index contributed by atoms with van der Waals surface area (Å²) in [5.41, 5.74) is 2.10. The SMILES string of the molecule is O=C(NCCOc1ccccc1-c1ccccc1)c1cc[nH]c(=O)c1. The molecule has 0 saturated heterocycles. The number of rotatable bonds is 6. The van der Waals surface area contributed by atoms with Crippen LogP contribution in [0.3, 0.4) is 0 Å². The normalized spacial score (nSPS) is 10.2. The van der Waals surface area contributed by atoms with Crippen LogP contribution >= 0.6 is 0 Å². The van der Waals surface area contributed by atoms with Crippen molar-refractivity contribution in [3.63, 3.8) is 0 Å². The van der Waals surface area contributed by atoms with E-state index in [0.717, 1.165) is 16.9 Å². The number of nitrogens with one attached hydrogen (secondary N) is 2. The lowest BCUT2D eigenvalue weighted by atomic mass is 10.1. The van der Waals surface area contributed by atoms with Gasteiger partial charge in [0.25, 0.3) is 5.91 Å². The Balaban J connectivity index is 1.58. The van der Waals surface area contributed by atoms with Gasteiger partial charge >= 0.3 is 0 Å². The van der Waals surface area contributed by atoms with Crippen LogP contribution in [0.2, 0.25) is 0 Å². The average molecular weight is 334 g/mol. The Labute approximate surface area is 145 Å². The quantitative estimate of drug-likeness (QED) is 0.681. The van der Waals surface area contributed by atoms with Crippen molar-refractivity contribution in [3.05, 3.63) is 88.8 Å². The molecule has 25 heavy (non-hydrogen) atoms. The summed E-state index contributed by atoms with van der Waals surface area (Å²) in [5.74, 6) is 0.463. The number of carbonyl (C=O) groups is 1. The number of ether oxygens (including phenoxy) is 1. The summed E-state index contributed by atoms with van der Waals surface area (Å²) in [7, 11) is 0. The van der Waals surface area contributed by atoms with E-state index in [9.17, 15) is 9.59 Å². The number of aromatic amines is 1. The highest BCUT2D eigenvalue weighted by Crippen LogP contribution is 2.29. The van der Waals surface area contributed by atoms with E-state index in [1.165, 1.54) is 12.3 Å². The molecule has 0 radical (unpaired) electrons. The molecule has 1 aromatic heterocycles. The molecule has 5 heteroatoms. The molecule has 0 unspecified atom stereocenters. The van der Waals surface area contributed by atoms with Gasteiger partial charge in [-0.05, 0) is 17.7 Å². The van der Waals surface area contributed by atoms with Crippen LogP contribution in [-0.2, 0) is 0 Å². The second-order valence-electron chi connectivity index (χ2n) is 5.41. The Morgan fingerprint density at radius 3 is 2.56 bits per heavy atom. The molecule has 0 aliphatic carbocycles. The first-order valence-electron chi connectivity index (χ1n) is 7.98. The monoisotopic (exact) mass is 334 g/mol. The minimum atomic E-state index is -0.305. The lowest BCUT2D eigenvalue weighted by Crippen LogP contribution is -2.29. The molecule has 3 aromatic rings. The Morgan fingerprint density at radius 1 is 1.00 bits per heavy atom. The van der Waals surface area contributed by atoms with E-state index in [1.807, 2.05) is 54.6 Å². The van der Waals surface area contributed by atoms with Crippen LogP contribution in [0.5, 0.6) is 5.75 Å². The highest BCUT2D eigenvalue weighted by atomic mass is 16.5. The van der Waals surface area contributed by atoms with E-state index in [4.69, 9.17) is 4.74 Å². The van der Waals surface area contributed by atoms with Crippen molar-refractivity contribution in [3.8, 4) is 16.9 Å². The fourth-order valence-corrected chi connectivity index (χ4v) is 2.46. The van der Waals surface area contributed by atoms with Crippen molar-refractivity contribution in [1.29, 1.82) is 0 Å². The first kappa shape index (κ1) is 16.5. The number of pyridine rings is 1. The summed E-state index contributed by atoms with van der Waals surface area (Å²) in [6.07, 6.45) is 1.45. The number of benzene rings is 2. The average Bonchev–Trinajstić information content (AvgIpc) is 2.66. The van der Waals surface area contributed by atoms with E-state index in [0.29, 0.717) is 18.7 Å². The molecule has 0 bridgehead atoms. The molecule has 0 aliphatic heterocycles. The first-order valence-corrected chi connectivity index (χ1v) is 7.98. The predicted molar refractivity (Wildman–Crippen MR) is 96.8 cm³/mol. The van der Waals surface area contributed by atoms with E-state index < -0.39 is 0 Å². The summed E-state index contributed by atoms with van der Waals surface area (Å²) in [6.45, 7) is 0.674. The standard InChI is InChI=1S/C20H18N2O3/c23-19-14-16(10-11-21-19)20(24)22-12-13-25-18-9-5-4-8-17(18)15-6-2-1-3-7-15/h1-11,14H,12-13H2,(H,21,23)(H,22,24). The minimum Gasteiger partial charge on any atom is -0.491 e. The van der Waals surface area contributed by atoms with Gasteiger partial charge in [-0.15, -0.1) is 0 Å². The minimum absolute atomic E-state index is 0.300. The molecule has 0 saturated carbocycles. The molecule has 0 aliphatic rings. The molecular weight excluding hydrogens is 316 g/mol. The number of aromatic nitrogens is 1. The number of H-pyrrole nitrogens is 1. The predicted octanol–water partition coefficient (Wildman–Crippen LogP) is 2.85. The van der Waals surface area contributed by atoms with Gasteiger partial charge in [0, 0.05) is 23.4 Å². The van der Waals surface area contributed by atoms with Crippen LogP contribution < -0.4 is 15.6 Å². The number of hydrogen-bond acceptors (Lipinski definition) is 3. The van der Waals surface area contributed by atoms with Gasteiger partial charge in [0.15, 0.2) is 0 Å². The fourth-order valence-electron chi connectivity index (χ4n) is 2.46. The molecule has 1 heterocycles. The lowest BCUT2D eigenvalue weighted by Gasteiger charge is -2.12. The Kier molecular flexibility index (Phi) is 5.26. The van der Waals surface area contributed by atoms with Crippen LogP contribution in [0.1, 0.15) is 10.4 Å². The number of carbonyl (C=O) groups excluding carboxylic acids is 1. The molecule has 2 N–H and O–H groups in total. The summed E-state index contributed by atoms with van der Waals surface area (Å²) in [4.78, 5) is 25.7. The van der Waals surface area contributed by atoms with Crippen LogP contribution in [0.4, 0.5) is 0 Å². The molecule has 0 fully saturated rings. The van der Waals surface area contributed by atoms with E-state index in [-0.39, 0.29) is 11.5 Å². The third-order valence-corrected chi connectivity index (χ3v) is 3.65. The molecule has 126 valence electrons. The maximum Gasteiger partial charge on any atom is 0.251 e. The van der Waals surface area contributed by atoms with Gasteiger partial charge in [0.2, 0.25) is 5.56 Å². The van der Waals surface area contributed by atoms with Crippen molar-refractivity contribution in [2.75, 3.05) is 13.2 Å². The zero-order valence-corrected chi connectivity index (χ0v) is 13.6. The zero-order chi connectivity index (χ0) is 17.5. The summed E-state index contributed by atoms with van der Waals surface area (Å²) in [6, 6.07) is 20.6. The third-order valence-electron chi connectivity index (χ3n) is 3.65. The Bertz CT molecular complexity index is 904. The number of hydrogen-bond donors (Lipinski definition) is 2. The third kappa shape index (κ3) is 4.35. The van der Waals surface area contributed by atoms with Crippen molar-refractivity contribution >= 4 is 5.91 Å². The van der Waals surface area contributed by atoms with Gasteiger partial charge in [-0.2, -0.15) is 0 Å². The van der Waals surface area contributed by atoms with E-state index in [2.05, 4.69) is 10.3 Å². The number of para-hydroxylation sites is 1. The molecule has 3 rings (SSSR count). The van der Waals surface area contributed by atoms with Gasteiger partial charge in [-0.3, -0.25) is 9.59 Å². The summed E-state index contributed by atoms with van der Waals surface area (Å²) in [5, 5.41) is 2.74. The molecule has 0 atom stereocenters. The highest BCUT2D eigenvalue weighted by Gasteiger charge is 2.07. The first-order chi connectivity index (χ1) is 12.2. The maximum absolute atomic E-state index is 12.0. The molecule has 1 amide bonds. The Morgan fingerprint density at radius 2 is 1.76 bits per heavy atom. The maximum atomic E-state index is 12.0. The van der Waals surface area contributed by atoms with Gasteiger partial charge in [-0.1, -0.05) is 48.5 Å². The van der Waals surface area contributed by atoms with Crippen LogP contribution in [0.15, 0.2) is 77.7 Å². The van der Waals surface area contributed by atoms with E-state index in [1.54, 1.807) is 6.07 Å². The second kappa shape index (κ2) is 7.97. The van der Waals surface area contributed by atoms with Crippen molar-refractivity contribution in [1.82, 2.24) is 10.3 Å². The lowest BCUT2D eigenvalue weighted by molar-refractivity contribution is 0.0947. The molecular formula is C20H18N2O3. The Hall–Kier alpha value is -3.34. The molecule has 0 spiro atoms. The zero-order valence-electron chi connectivity index (χ0n) is 13.6. The van der Waals surface area contributed by atoms with Gasteiger partial charge in [0.05, 0.1) is 6.54 Å². The molecule has 5 nitrogen and oxygen atoms in total.